The molecule has 0 bridgehead atoms. The van der Waals surface area contributed by atoms with Crippen molar-refractivity contribution in [3.05, 3.63) is 40.0 Å². The van der Waals surface area contributed by atoms with Gasteiger partial charge in [-0.2, -0.15) is 4.72 Å². The summed E-state index contributed by atoms with van der Waals surface area (Å²) in [5.74, 6) is -0.821. The molecule has 2 heterocycles. The summed E-state index contributed by atoms with van der Waals surface area (Å²) in [5, 5.41) is 9.37. The number of aliphatic carboxylic acids is 1. The first-order valence-corrected chi connectivity index (χ1v) is 10.3. The largest absolute Gasteiger partial charge is 0.480 e. The molecule has 1 aliphatic rings. The second-order valence-corrected chi connectivity index (χ2v) is 10.1. The van der Waals surface area contributed by atoms with Gasteiger partial charge in [0.1, 0.15) is 16.4 Å². The van der Waals surface area contributed by atoms with E-state index in [1.807, 2.05) is 18.2 Å². The number of sulfonamides is 1. The van der Waals surface area contributed by atoms with Crippen LogP contribution < -0.4 is 4.72 Å². The second-order valence-electron chi connectivity index (χ2n) is 5.25. The molecule has 128 valence electrons. The van der Waals surface area contributed by atoms with E-state index in [2.05, 4.69) is 30.6 Å². The Morgan fingerprint density at radius 3 is 2.88 bits per heavy atom. The smallest absolute Gasteiger partial charge is 0.322 e. The van der Waals surface area contributed by atoms with Gasteiger partial charge in [-0.3, -0.25) is 4.79 Å². The predicted molar refractivity (Wildman–Crippen MR) is 96.3 cm³/mol. The number of imidazole rings is 1. The van der Waals surface area contributed by atoms with Crippen LogP contribution in [-0.4, -0.2) is 40.1 Å². The lowest BCUT2D eigenvalue weighted by atomic mass is 10.2. The fraction of sp³-hybridized carbons (Fsp3) is 0.286. The van der Waals surface area contributed by atoms with Gasteiger partial charge in [-0.05, 0) is 34.5 Å². The zero-order valence-electron chi connectivity index (χ0n) is 12.3. The number of hydrogen-bond acceptors (Lipinski definition) is 5. The van der Waals surface area contributed by atoms with Crippen LogP contribution in [0.1, 0.15) is 12.2 Å². The molecule has 1 unspecified atom stereocenters. The molecule has 7 nitrogen and oxygen atoms in total. The summed E-state index contributed by atoms with van der Waals surface area (Å²) in [7, 11) is -3.78. The van der Waals surface area contributed by atoms with Gasteiger partial charge < -0.3 is 10.1 Å². The maximum Gasteiger partial charge on any atom is 0.322 e. The van der Waals surface area contributed by atoms with Crippen molar-refractivity contribution in [2.45, 2.75) is 23.5 Å². The molecule has 1 aromatic carbocycles. The quantitative estimate of drug-likeness (QED) is 0.645. The highest BCUT2D eigenvalue weighted by Gasteiger charge is 2.34. The molecule has 3 rings (SSSR count). The van der Waals surface area contributed by atoms with Crippen LogP contribution in [0.15, 0.2) is 34.2 Å². The molecule has 0 spiro atoms. The van der Waals surface area contributed by atoms with E-state index in [0.717, 1.165) is 21.1 Å². The zero-order valence-corrected chi connectivity index (χ0v) is 15.5. The molecule has 0 amide bonds. The summed E-state index contributed by atoms with van der Waals surface area (Å²) in [6, 6.07) is 6.00. The highest BCUT2D eigenvalue weighted by Crippen LogP contribution is 2.38. The number of rotatable bonds is 6. The number of allylic oxidation sites excluding steroid dienone is 1. The summed E-state index contributed by atoms with van der Waals surface area (Å²) < 4.78 is 27.0. The Labute approximate surface area is 151 Å². The van der Waals surface area contributed by atoms with Gasteiger partial charge in [0, 0.05) is 10.2 Å². The van der Waals surface area contributed by atoms with Crippen LogP contribution in [0.5, 0.6) is 0 Å². The number of nitrogens with zero attached hydrogens (tertiary/aromatic N) is 1. The monoisotopic (exact) mass is 431 g/mol. The molecule has 2 aromatic rings. The van der Waals surface area contributed by atoms with Crippen LogP contribution in [0.25, 0.3) is 11.0 Å². The summed E-state index contributed by atoms with van der Waals surface area (Å²) in [6.45, 7) is 0. The minimum Gasteiger partial charge on any atom is -0.480 e. The van der Waals surface area contributed by atoms with Gasteiger partial charge in [0.15, 0.2) is 0 Å². The van der Waals surface area contributed by atoms with E-state index in [4.69, 9.17) is 0 Å². The lowest BCUT2D eigenvalue weighted by Gasteiger charge is -2.17. The van der Waals surface area contributed by atoms with E-state index < -0.39 is 26.6 Å². The first-order chi connectivity index (χ1) is 11.3. The highest BCUT2D eigenvalue weighted by atomic mass is 79.9. The molecule has 10 heteroatoms. The highest BCUT2D eigenvalue weighted by molar-refractivity contribution is 9.14. The number of H-pyrrole nitrogens is 1. The topological polar surface area (TPSA) is 112 Å². The van der Waals surface area contributed by atoms with E-state index in [9.17, 15) is 18.3 Å². The van der Waals surface area contributed by atoms with Gasteiger partial charge in [-0.15, -0.1) is 0 Å². The fourth-order valence-electron chi connectivity index (χ4n) is 2.35. The molecule has 1 aromatic heterocycles. The van der Waals surface area contributed by atoms with Gasteiger partial charge in [0.2, 0.25) is 10.0 Å². The molecular formula is C14H14BrN3O4S2. The Balaban J connectivity index is 1.76. The fourth-order valence-corrected chi connectivity index (χ4v) is 6.29. The number of benzene rings is 1. The van der Waals surface area contributed by atoms with Crippen LogP contribution in [-0.2, 0) is 21.2 Å². The van der Waals surface area contributed by atoms with Crippen molar-refractivity contribution in [3.8, 4) is 0 Å². The summed E-state index contributed by atoms with van der Waals surface area (Å²) >= 11 is 4.39. The van der Waals surface area contributed by atoms with Crippen molar-refractivity contribution in [3.63, 3.8) is 0 Å². The third-order valence-corrected chi connectivity index (χ3v) is 7.78. The number of carbonyl (C=O) groups is 1. The van der Waals surface area contributed by atoms with E-state index >= 15 is 0 Å². The number of carboxylic acid groups (broad SMARTS) is 1. The SMILES string of the molecule is O=C(O)[C@@H](Cc1nc2ccccc2[nH]1)NS(=O)(=O)C1CC=C(Br)S1. The Bertz CT molecular complexity index is 877. The molecule has 2 atom stereocenters. The van der Waals surface area contributed by atoms with Gasteiger partial charge in [-0.1, -0.05) is 30.0 Å². The Kier molecular flexibility index (Phi) is 5.00. The number of aromatic amines is 1. The maximum absolute atomic E-state index is 12.4. The van der Waals surface area contributed by atoms with Crippen LogP contribution in [0, 0.1) is 0 Å². The first-order valence-electron chi connectivity index (χ1n) is 7.05. The molecule has 3 N–H and O–H groups in total. The molecule has 0 aliphatic carbocycles. The summed E-state index contributed by atoms with van der Waals surface area (Å²) in [6.07, 6.45) is 2.02. The van der Waals surface area contributed by atoms with Gasteiger partial charge in [-0.25, -0.2) is 13.4 Å². The van der Waals surface area contributed by atoms with Gasteiger partial charge in [0.05, 0.1) is 11.0 Å². The van der Waals surface area contributed by atoms with Crippen molar-refractivity contribution >= 4 is 54.7 Å². The van der Waals surface area contributed by atoms with Crippen LogP contribution in [0.3, 0.4) is 0 Å². The Hall–Kier alpha value is -1.36. The van der Waals surface area contributed by atoms with E-state index in [1.165, 1.54) is 0 Å². The molecule has 0 saturated carbocycles. The predicted octanol–water partition coefficient (Wildman–Crippen LogP) is 2.18. The second kappa shape index (κ2) is 6.87. The minimum absolute atomic E-state index is 0.0603. The van der Waals surface area contributed by atoms with E-state index in [0.29, 0.717) is 17.8 Å². The molecule has 0 fully saturated rings. The number of thioether (sulfide) groups is 1. The average molecular weight is 432 g/mol. The zero-order chi connectivity index (χ0) is 17.3. The van der Waals surface area contributed by atoms with Crippen molar-refractivity contribution < 1.29 is 18.3 Å². The lowest BCUT2D eigenvalue weighted by Crippen LogP contribution is -2.45. The van der Waals surface area contributed by atoms with Crippen molar-refractivity contribution in [2.75, 3.05) is 0 Å². The third-order valence-electron chi connectivity index (χ3n) is 3.50. The lowest BCUT2D eigenvalue weighted by molar-refractivity contribution is -0.138. The normalized spacial score (nSPS) is 19.4. The molecule has 24 heavy (non-hydrogen) atoms. The van der Waals surface area contributed by atoms with E-state index in [1.54, 1.807) is 12.1 Å². The summed E-state index contributed by atoms with van der Waals surface area (Å²) in [5.41, 5.74) is 1.48. The van der Waals surface area contributed by atoms with Crippen molar-refractivity contribution in [1.29, 1.82) is 0 Å². The van der Waals surface area contributed by atoms with E-state index in [-0.39, 0.29) is 6.42 Å². The number of carboxylic acids is 1. The van der Waals surface area contributed by atoms with Crippen LogP contribution >= 0.6 is 27.7 Å². The summed E-state index contributed by atoms with van der Waals surface area (Å²) in [4.78, 5) is 18.8. The Morgan fingerprint density at radius 2 is 2.25 bits per heavy atom. The maximum atomic E-state index is 12.4. The Morgan fingerprint density at radius 1 is 1.50 bits per heavy atom. The number of fused-ring (bicyclic) bond motifs is 1. The number of para-hydroxylation sites is 2. The third kappa shape index (κ3) is 3.82. The molecule has 0 saturated heterocycles. The van der Waals surface area contributed by atoms with Crippen molar-refractivity contribution in [2.24, 2.45) is 0 Å². The van der Waals surface area contributed by atoms with Gasteiger partial charge >= 0.3 is 5.97 Å². The molecule has 1 aliphatic heterocycles. The molecular weight excluding hydrogens is 418 g/mol. The van der Waals surface area contributed by atoms with Crippen LogP contribution in [0.4, 0.5) is 0 Å². The van der Waals surface area contributed by atoms with Gasteiger partial charge in [0.25, 0.3) is 0 Å². The number of aromatic nitrogens is 2. The molecule has 0 radical (unpaired) electrons. The number of hydrogen-bond donors (Lipinski definition) is 3. The standard InChI is InChI=1S/C14H14BrN3O4S2/c15-11-5-6-13(23-11)24(21,22)18-10(14(19)20)7-12-16-8-3-1-2-4-9(8)17-12/h1-5,10,13,18H,6-7H2,(H,16,17)(H,19,20)/t10-,13?/m1/s1. The minimum atomic E-state index is -3.78. The van der Waals surface area contributed by atoms with Crippen LogP contribution in [0.2, 0.25) is 0 Å². The van der Waals surface area contributed by atoms with Crippen molar-refractivity contribution in [1.82, 2.24) is 14.7 Å². The number of halogens is 1. The first kappa shape index (κ1) is 17.5. The number of nitrogens with one attached hydrogen (secondary N) is 2. The average Bonchev–Trinajstić information content (AvgIpc) is 3.12.